The van der Waals surface area contributed by atoms with Crippen LogP contribution in [-0.4, -0.2) is 61.4 Å². The molecule has 0 aliphatic rings. The zero-order valence-corrected chi connectivity index (χ0v) is 18.3. The van der Waals surface area contributed by atoms with Crippen molar-refractivity contribution in [3.63, 3.8) is 0 Å². The Balaban J connectivity index is 3.09. The van der Waals surface area contributed by atoms with Crippen LogP contribution in [0, 0.1) is 5.92 Å². The third kappa shape index (κ3) is 7.12. The van der Waals surface area contributed by atoms with Gasteiger partial charge < -0.3 is 24.8 Å². The first-order valence-electron chi connectivity index (χ1n) is 9.62. The minimum Gasteiger partial charge on any atom is -0.461 e. The number of thiazole rings is 1. The lowest BCUT2D eigenvalue weighted by atomic mass is 9.95. The first-order valence-corrected chi connectivity index (χ1v) is 10.5. The lowest BCUT2D eigenvalue weighted by Crippen LogP contribution is -2.47. The van der Waals surface area contributed by atoms with Gasteiger partial charge in [-0.05, 0) is 19.3 Å². The van der Waals surface area contributed by atoms with Gasteiger partial charge in [0.1, 0.15) is 17.9 Å². The molecule has 1 aromatic heterocycles. The van der Waals surface area contributed by atoms with Crippen LogP contribution < -0.4 is 5.73 Å². The molecule has 28 heavy (non-hydrogen) atoms. The number of amides is 1. The van der Waals surface area contributed by atoms with Gasteiger partial charge in [-0.2, -0.15) is 0 Å². The maximum absolute atomic E-state index is 12.4. The molecule has 2 unspecified atom stereocenters. The van der Waals surface area contributed by atoms with E-state index in [2.05, 4.69) is 18.8 Å². The Morgan fingerprint density at radius 2 is 2.04 bits per heavy atom. The highest BCUT2D eigenvalue weighted by molar-refractivity contribution is 7.09. The molecule has 0 aliphatic heterocycles. The minimum absolute atomic E-state index is 0.0307. The number of hydrogen-bond acceptors (Lipinski definition) is 8. The lowest BCUT2D eigenvalue weighted by molar-refractivity contribution is -0.135. The molecule has 2 N–H and O–H groups in total. The molecular formula is C19H33N3O5S. The van der Waals surface area contributed by atoms with Crippen molar-refractivity contribution in [1.82, 2.24) is 9.88 Å². The second-order valence-corrected chi connectivity index (χ2v) is 7.58. The summed E-state index contributed by atoms with van der Waals surface area (Å²) in [5.74, 6) is -0.348. The molecule has 0 bridgehead atoms. The number of esters is 1. The predicted octanol–water partition coefficient (Wildman–Crippen LogP) is 2.59. The number of methoxy groups -OCH3 is 1. The summed E-state index contributed by atoms with van der Waals surface area (Å²) in [5, 5.41) is 2.32. The minimum atomic E-state index is -0.457. The number of rotatable bonds is 13. The van der Waals surface area contributed by atoms with E-state index in [1.165, 1.54) is 11.3 Å². The Kier molecular flexibility index (Phi) is 11.2. The van der Waals surface area contributed by atoms with Crippen LogP contribution in [0.1, 0.15) is 62.1 Å². The molecule has 0 radical (unpaired) electrons. The third-order valence-corrected chi connectivity index (χ3v) is 5.19. The van der Waals surface area contributed by atoms with E-state index in [1.54, 1.807) is 19.4 Å². The molecule has 1 rings (SSSR count). The average Bonchev–Trinajstić information content (AvgIpc) is 3.16. The molecule has 0 saturated carbocycles. The van der Waals surface area contributed by atoms with Crippen molar-refractivity contribution in [2.75, 3.05) is 33.6 Å². The van der Waals surface area contributed by atoms with E-state index in [-0.39, 0.29) is 43.5 Å². The van der Waals surface area contributed by atoms with E-state index in [1.807, 2.05) is 11.8 Å². The summed E-state index contributed by atoms with van der Waals surface area (Å²) >= 11 is 1.33. The van der Waals surface area contributed by atoms with Crippen molar-refractivity contribution in [3.8, 4) is 0 Å². The monoisotopic (exact) mass is 415 g/mol. The van der Waals surface area contributed by atoms with Crippen molar-refractivity contribution in [2.24, 2.45) is 11.7 Å². The number of ether oxygens (including phenoxy) is 3. The first-order chi connectivity index (χ1) is 13.4. The first kappa shape index (κ1) is 24.5. The van der Waals surface area contributed by atoms with Crippen LogP contribution in [0.4, 0.5) is 0 Å². The van der Waals surface area contributed by atoms with Crippen LogP contribution in [0.2, 0.25) is 0 Å². The molecule has 1 amide bonds. The third-order valence-electron chi connectivity index (χ3n) is 4.25. The maximum Gasteiger partial charge on any atom is 0.357 e. The fourth-order valence-corrected chi connectivity index (χ4v) is 3.79. The van der Waals surface area contributed by atoms with Crippen LogP contribution in [0.15, 0.2) is 5.38 Å². The number of carbonyl (C=O) groups is 2. The number of aromatic nitrogens is 1. The molecule has 0 fully saturated rings. The Bertz CT molecular complexity index is 608. The average molecular weight is 416 g/mol. The highest BCUT2D eigenvalue weighted by atomic mass is 32.1. The molecule has 1 aromatic rings. The van der Waals surface area contributed by atoms with Crippen LogP contribution in [-0.2, 0) is 19.0 Å². The molecule has 9 heteroatoms. The Hall–Kier alpha value is -1.55. The largest absolute Gasteiger partial charge is 0.461 e. The highest BCUT2D eigenvalue weighted by Crippen LogP contribution is 2.30. The van der Waals surface area contributed by atoms with E-state index >= 15 is 0 Å². The van der Waals surface area contributed by atoms with Crippen LogP contribution in [0.25, 0.3) is 0 Å². The van der Waals surface area contributed by atoms with Crippen molar-refractivity contribution in [3.05, 3.63) is 16.1 Å². The molecule has 0 spiro atoms. The van der Waals surface area contributed by atoms with Crippen molar-refractivity contribution in [1.29, 1.82) is 0 Å². The Morgan fingerprint density at radius 3 is 2.57 bits per heavy atom. The molecular weight excluding hydrogens is 382 g/mol. The Morgan fingerprint density at radius 1 is 1.32 bits per heavy atom. The van der Waals surface area contributed by atoms with Gasteiger partial charge in [0, 0.05) is 31.5 Å². The predicted molar refractivity (Wildman–Crippen MR) is 108 cm³/mol. The zero-order valence-electron chi connectivity index (χ0n) is 17.5. The second-order valence-electron chi connectivity index (χ2n) is 6.69. The molecule has 8 nitrogen and oxygen atoms in total. The van der Waals surface area contributed by atoms with Gasteiger partial charge in [-0.1, -0.05) is 20.8 Å². The quantitative estimate of drug-likeness (QED) is 0.390. The molecule has 2 atom stereocenters. The normalized spacial score (nSPS) is 13.4. The SMILES string of the molecule is CCCN(C(=O)CN)C(CC(OCOC)c1nc(C(=O)OCC)cs1)C(C)C. The van der Waals surface area contributed by atoms with Crippen LogP contribution in [0.3, 0.4) is 0 Å². The summed E-state index contributed by atoms with van der Waals surface area (Å²) in [6, 6.07) is -0.0761. The van der Waals surface area contributed by atoms with Crippen molar-refractivity contribution >= 4 is 23.2 Å². The smallest absolute Gasteiger partial charge is 0.357 e. The summed E-state index contributed by atoms with van der Waals surface area (Å²) in [6.07, 6.45) is 0.955. The van der Waals surface area contributed by atoms with Gasteiger partial charge in [-0.25, -0.2) is 9.78 Å². The second kappa shape index (κ2) is 12.8. The molecule has 0 aromatic carbocycles. The summed E-state index contributed by atoms with van der Waals surface area (Å²) in [5.41, 5.74) is 5.89. The topological polar surface area (TPSA) is 104 Å². The van der Waals surface area contributed by atoms with Crippen LogP contribution >= 0.6 is 11.3 Å². The molecule has 0 saturated heterocycles. The van der Waals surface area contributed by atoms with Gasteiger partial charge >= 0.3 is 5.97 Å². The summed E-state index contributed by atoms with van der Waals surface area (Å²) in [4.78, 5) is 30.6. The maximum atomic E-state index is 12.4. The van der Waals surface area contributed by atoms with E-state index in [4.69, 9.17) is 19.9 Å². The molecule has 160 valence electrons. The fourth-order valence-electron chi connectivity index (χ4n) is 2.94. The van der Waals surface area contributed by atoms with Gasteiger partial charge in [0.05, 0.1) is 13.2 Å². The van der Waals surface area contributed by atoms with E-state index < -0.39 is 12.1 Å². The van der Waals surface area contributed by atoms with Crippen molar-refractivity contribution in [2.45, 2.75) is 52.7 Å². The Labute approximate surface area is 171 Å². The van der Waals surface area contributed by atoms with E-state index in [9.17, 15) is 9.59 Å². The zero-order chi connectivity index (χ0) is 21.1. The van der Waals surface area contributed by atoms with Gasteiger partial charge in [0.15, 0.2) is 5.69 Å². The van der Waals surface area contributed by atoms with E-state index in [0.717, 1.165) is 6.42 Å². The van der Waals surface area contributed by atoms with Gasteiger partial charge in [0.2, 0.25) is 5.91 Å². The van der Waals surface area contributed by atoms with Crippen LogP contribution in [0.5, 0.6) is 0 Å². The van der Waals surface area contributed by atoms with Gasteiger partial charge in [-0.15, -0.1) is 11.3 Å². The highest BCUT2D eigenvalue weighted by Gasteiger charge is 2.30. The number of carbonyl (C=O) groups excluding carboxylic acids is 2. The number of nitrogens with zero attached hydrogens (tertiary/aromatic N) is 2. The standard InChI is InChI=1S/C19H33N3O5S/c1-6-8-22(17(23)10-20)15(13(3)4)9-16(27-12-25-5)18-21-14(11-28-18)19(24)26-7-2/h11,13,15-16H,6-10,12,20H2,1-5H3. The number of hydrogen-bond donors (Lipinski definition) is 1. The summed E-state index contributed by atoms with van der Waals surface area (Å²) in [7, 11) is 1.55. The number of nitrogens with two attached hydrogens (primary N) is 1. The van der Waals surface area contributed by atoms with Gasteiger partial charge in [0.25, 0.3) is 0 Å². The lowest BCUT2D eigenvalue weighted by Gasteiger charge is -2.36. The fraction of sp³-hybridized carbons (Fsp3) is 0.737. The van der Waals surface area contributed by atoms with Gasteiger partial charge in [-0.3, -0.25) is 4.79 Å². The van der Waals surface area contributed by atoms with E-state index in [0.29, 0.717) is 18.0 Å². The molecule has 0 aliphatic carbocycles. The molecule has 1 heterocycles. The van der Waals surface area contributed by atoms with Crippen molar-refractivity contribution < 1.29 is 23.8 Å². The summed E-state index contributed by atoms with van der Waals surface area (Å²) < 4.78 is 15.9. The summed E-state index contributed by atoms with van der Waals surface area (Å²) in [6.45, 7) is 8.88.